The molecule has 0 spiro atoms. The van der Waals surface area contributed by atoms with Crippen molar-refractivity contribution >= 4 is 0 Å². The lowest BCUT2D eigenvalue weighted by Crippen LogP contribution is -2.15. The third-order valence-electron chi connectivity index (χ3n) is 3.08. The second kappa shape index (κ2) is 1.72. The van der Waals surface area contributed by atoms with E-state index in [1.807, 2.05) is 0 Å². The molecule has 1 N–H and O–H groups in total. The molecule has 1 nitrogen and oxygen atoms in total. The van der Waals surface area contributed by atoms with Gasteiger partial charge in [-0.2, -0.15) is 0 Å². The van der Waals surface area contributed by atoms with Crippen molar-refractivity contribution in [2.45, 2.75) is 26.2 Å². The molecule has 0 unspecified atom stereocenters. The van der Waals surface area contributed by atoms with E-state index in [9.17, 15) is 0 Å². The van der Waals surface area contributed by atoms with Gasteiger partial charge in [0.25, 0.3) is 0 Å². The Balaban J connectivity index is 1.97. The van der Waals surface area contributed by atoms with Crippen molar-refractivity contribution in [3.8, 4) is 0 Å². The first-order chi connectivity index (χ1) is 4.31. The van der Waals surface area contributed by atoms with E-state index in [1.54, 1.807) is 0 Å². The van der Waals surface area contributed by atoms with Crippen LogP contribution in [0.1, 0.15) is 26.2 Å². The zero-order chi connectivity index (χ0) is 6.32. The summed E-state index contributed by atoms with van der Waals surface area (Å²) in [6.07, 6.45) is 4.40. The average Bonchev–Trinajstić information content (AvgIpc) is 2.46. The van der Waals surface area contributed by atoms with Crippen molar-refractivity contribution in [2.75, 3.05) is 13.1 Å². The topological polar surface area (TPSA) is 12.0 Å². The molecule has 2 fully saturated rings. The fourth-order valence-corrected chi connectivity index (χ4v) is 1.85. The third-order valence-corrected chi connectivity index (χ3v) is 3.08. The number of hydrogen-bond donors (Lipinski definition) is 1. The van der Waals surface area contributed by atoms with Gasteiger partial charge in [-0.05, 0) is 43.7 Å². The van der Waals surface area contributed by atoms with Crippen molar-refractivity contribution in [1.82, 2.24) is 5.32 Å². The SMILES string of the molecule is CC1([C@@H]2CCNC2)CC1. The quantitative estimate of drug-likeness (QED) is 0.558. The van der Waals surface area contributed by atoms with E-state index in [0.717, 1.165) is 11.3 Å². The van der Waals surface area contributed by atoms with Crippen molar-refractivity contribution in [1.29, 1.82) is 0 Å². The van der Waals surface area contributed by atoms with Crippen LogP contribution in [0.3, 0.4) is 0 Å². The summed E-state index contributed by atoms with van der Waals surface area (Å²) in [6.45, 7) is 4.99. The summed E-state index contributed by atoms with van der Waals surface area (Å²) in [4.78, 5) is 0. The summed E-state index contributed by atoms with van der Waals surface area (Å²) in [6, 6.07) is 0. The molecule has 0 aromatic rings. The van der Waals surface area contributed by atoms with E-state index >= 15 is 0 Å². The molecule has 1 saturated heterocycles. The van der Waals surface area contributed by atoms with Gasteiger partial charge in [0.05, 0.1) is 0 Å². The Hall–Kier alpha value is -0.0400. The average molecular weight is 125 g/mol. The predicted molar refractivity (Wildman–Crippen MR) is 38.3 cm³/mol. The van der Waals surface area contributed by atoms with Gasteiger partial charge in [0.2, 0.25) is 0 Å². The Bertz CT molecular complexity index is 110. The molecule has 1 heteroatoms. The molecule has 1 heterocycles. The number of rotatable bonds is 1. The van der Waals surface area contributed by atoms with Gasteiger partial charge in [0.1, 0.15) is 0 Å². The minimum Gasteiger partial charge on any atom is -0.316 e. The third kappa shape index (κ3) is 0.877. The van der Waals surface area contributed by atoms with Gasteiger partial charge in [0, 0.05) is 0 Å². The normalized spacial score (nSPS) is 39.0. The highest BCUT2D eigenvalue weighted by molar-refractivity contribution is 4.97. The minimum absolute atomic E-state index is 0.767. The van der Waals surface area contributed by atoms with E-state index in [4.69, 9.17) is 0 Å². The molecular formula is C8H15N. The summed E-state index contributed by atoms with van der Waals surface area (Å²) in [5.41, 5.74) is 0.767. The molecule has 1 saturated carbocycles. The molecule has 1 atom stereocenters. The molecule has 0 aromatic heterocycles. The lowest BCUT2D eigenvalue weighted by Gasteiger charge is -2.15. The van der Waals surface area contributed by atoms with E-state index in [-0.39, 0.29) is 0 Å². The van der Waals surface area contributed by atoms with Crippen LogP contribution in [0.25, 0.3) is 0 Å². The summed E-state index contributed by atoms with van der Waals surface area (Å²) >= 11 is 0. The van der Waals surface area contributed by atoms with Gasteiger partial charge in [-0.15, -0.1) is 0 Å². The lowest BCUT2D eigenvalue weighted by molar-refractivity contribution is 0.364. The largest absolute Gasteiger partial charge is 0.316 e. The van der Waals surface area contributed by atoms with Crippen molar-refractivity contribution in [3.05, 3.63) is 0 Å². The van der Waals surface area contributed by atoms with Gasteiger partial charge in [-0.1, -0.05) is 6.92 Å². The van der Waals surface area contributed by atoms with Crippen LogP contribution in [-0.2, 0) is 0 Å². The van der Waals surface area contributed by atoms with E-state index < -0.39 is 0 Å². The Morgan fingerprint density at radius 3 is 2.67 bits per heavy atom. The van der Waals surface area contributed by atoms with Crippen LogP contribution in [0.4, 0.5) is 0 Å². The van der Waals surface area contributed by atoms with Crippen LogP contribution in [0, 0.1) is 11.3 Å². The zero-order valence-electron chi connectivity index (χ0n) is 6.11. The zero-order valence-corrected chi connectivity index (χ0v) is 6.11. The second-order valence-corrected chi connectivity index (χ2v) is 3.84. The fraction of sp³-hybridized carbons (Fsp3) is 1.00. The molecule has 2 aliphatic rings. The molecule has 9 heavy (non-hydrogen) atoms. The highest BCUT2D eigenvalue weighted by atomic mass is 14.9. The molecular weight excluding hydrogens is 110 g/mol. The molecule has 1 aliphatic carbocycles. The number of hydrogen-bond acceptors (Lipinski definition) is 1. The van der Waals surface area contributed by atoms with Crippen molar-refractivity contribution < 1.29 is 0 Å². The smallest absolute Gasteiger partial charge is 0.00148 e. The standard InChI is InChI=1S/C8H15N/c1-8(3-4-8)7-2-5-9-6-7/h7,9H,2-6H2,1H3/t7-/m1/s1. The van der Waals surface area contributed by atoms with Crippen LogP contribution in [0.15, 0.2) is 0 Å². The maximum absolute atomic E-state index is 3.42. The Labute approximate surface area is 56.8 Å². The van der Waals surface area contributed by atoms with Crippen LogP contribution >= 0.6 is 0 Å². The summed E-state index contributed by atoms with van der Waals surface area (Å²) in [5.74, 6) is 1.01. The van der Waals surface area contributed by atoms with E-state index in [0.29, 0.717) is 0 Å². The van der Waals surface area contributed by atoms with Crippen LogP contribution in [0.2, 0.25) is 0 Å². The van der Waals surface area contributed by atoms with Crippen LogP contribution in [0.5, 0.6) is 0 Å². The highest BCUT2D eigenvalue weighted by Gasteiger charge is 2.45. The van der Waals surface area contributed by atoms with Gasteiger partial charge < -0.3 is 5.32 Å². The maximum Gasteiger partial charge on any atom is -0.00148 e. The van der Waals surface area contributed by atoms with Crippen molar-refractivity contribution in [2.24, 2.45) is 11.3 Å². The molecule has 0 amide bonds. The van der Waals surface area contributed by atoms with Gasteiger partial charge in [0.15, 0.2) is 0 Å². The first-order valence-corrected chi connectivity index (χ1v) is 4.02. The maximum atomic E-state index is 3.42. The highest BCUT2D eigenvalue weighted by Crippen LogP contribution is 2.53. The molecule has 0 bridgehead atoms. The van der Waals surface area contributed by atoms with Crippen LogP contribution < -0.4 is 5.32 Å². The second-order valence-electron chi connectivity index (χ2n) is 3.84. The molecule has 1 aliphatic heterocycles. The van der Waals surface area contributed by atoms with E-state index in [1.165, 1.54) is 32.4 Å². The monoisotopic (exact) mass is 125 g/mol. The molecule has 0 aromatic carbocycles. The minimum atomic E-state index is 0.767. The van der Waals surface area contributed by atoms with Gasteiger partial charge in [-0.25, -0.2) is 0 Å². The van der Waals surface area contributed by atoms with Crippen LogP contribution in [-0.4, -0.2) is 13.1 Å². The Kier molecular flexibility index (Phi) is 1.10. The summed E-state index contributed by atoms with van der Waals surface area (Å²) < 4.78 is 0. The number of nitrogens with one attached hydrogen (secondary N) is 1. The Morgan fingerprint density at radius 1 is 1.44 bits per heavy atom. The van der Waals surface area contributed by atoms with E-state index in [2.05, 4.69) is 12.2 Å². The first kappa shape index (κ1) is 5.72. The van der Waals surface area contributed by atoms with Crippen molar-refractivity contribution in [3.63, 3.8) is 0 Å². The van der Waals surface area contributed by atoms with Gasteiger partial charge >= 0.3 is 0 Å². The summed E-state index contributed by atoms with van der Waals surface area (Å²) in [7, 11) is 0. The molecule has 52 valence electrons. The summed E-state index contributed by atoms with van der Waals surface area (Å²) in [5, 5.41) is 3.42. The first-order valence-electron chi connectivity index (χ1n) is 4.02. The predicted octanol–water partition coefficient (Wildman–Crippen LogP) is 1.40. The molecule has 0 radical (unpaired) electrons. The Morgan fingerprint density at radius 2 is 2.22 bits per heavy atom. The lowest BCUT2D eigenvalue weighted by atomic mass is 9.90. The molecule has 2 rings (SSSR count). The fourth-order valence-electron chi connectivity index (χ4n) is 1.85. The van der Waals surface area contributed by atoms with Gasteiger partial charge in [-0.3, -0.25) is 0 Å².